The van der Waals surface area contributed by atoms with Crippen LogP contribution in [0.3, 0.4) is 0 Å². The highest BCUT2D eigenvalue weighted by molar-refractivity contribution is 5.94. The smallest absolute Gasteiger partial charge is 0.227 e. The summed E-state index contributed by atoms with van der Waals surface area (Å²) in [7, 11) is 0. The number of nitrogens with one attached hydrogen (secondary N) is 1. The van der Waals surface area contributed by atoms with Crippen molar-refractivity contribution in [1.29, 1.82) is 0 Å². The Morgan fingerprint density at radius 3 is 2.75 bits per heavy atom. The van der Waals surface area contributed by atoms with Crippen molar-refractivity contribution in [1.82, 2.24) is 19.9 Å². The fourth-order valence-corrected chi connectivity index (χ4v) is 4.26. The van der Waals surface area contributed by atoms with E-state index in [0.717, 1.165) is 27.9 Å². The fraction of sp³-hybridized carbons (Fsp3) is 0.409. The first kappa shape index (κ1) is 18.6. The summed E-state index contributed by atoms with van der Waals surface area (Å²) in [6.07, 6.45) is 5.46. The predicted molar refractivity (Wildman–Crippen MR) is 108 cm³/mol. The van der Waals surface area contributed by atoms with E-state index in [2.05, 4.69) is 40.9 Å². The van der Waals surface area contributed by atoms with Crippen LogP contribution >= 0.6 is 0 Å². The van der Waals surface area contributed by atoms with Gasteiger partial charge < -0.3 is 15.0 Å². The van der Waals surface area contributed by atoms with Crippen LogP contribution < -0.4 is 0 Å². The van der Waals surface area contributed by atoms with Crippen LogP contribution in [0.4, 0.5) is 0 Å². The Morgan fingerprint density at radius 1 is 1.21 bits per heavy atom. The van der Waals surface area contributed by atoms with Crippen molar-refractivity contribution in [2.45, 2.75) is 39.7 Å². The van der Waals surface area contributed by atoms with E-state index in [1.54, 1.807) is 23.5 Å². The van der Waals surface area contributed by atoms with Gasteiger partial charge in [-0.25, -0.2) is 0 Å². The van der Waals surface area contributed by atoms with Crippen LogP contribution in [0.2, 0.25) is 0 Å². The number of aliphatic hydroxyl groups is 1. The third kappa shape index (κ3) is 3.40. The van der Waals surface area contributed by atoms with Crippen LogP contribution in [0.1, 0.15) is 28.1 Å². The molecule has 2 N–H and O–H groups in total. The highest BCUT2D eigenvalue weighted by Crippen LogP contribution is 2.29. The minimum Gasteiger partial charge on any atom is -0.391 e. The first-order chi connectivity index (χ1) is 13.4. The quantitative estimate of drug-likeness (QED) is 0.731. The van der Waals surface area contributed by atoms with Crippen molar-refractivity contribution < 1.29 is 9.90 Å². The number of amides is 1. The third-order valence-corrected chi connectivity index (χ3v) is 5.86. The molecule has 0 unspecified atom stereocenters. The van der Waals surface area contributed by atoms with Gasteiger partial charge >= 0.3 is 0 Å². The van der Waals surface area contributed by atoms with Crippen LogP contribution in [0.25, 0.3) is 10.9 Å². The van der Waals surface area contributed by atoms with Crippen molar-refractivity contribution in [3.8, 4) is 0 Å². The van der Waals surface area contributed by atoms with Gasteiger partial charge in [-0.1, -0.05) is 12.1 Å². The molecule has 28 heavy (non-hydrogen) atoms. The first-order valence-electron chi connectivity index (χ1n) is 9.72. The lowest BCUT2D eigenvalue weighted by atomic mass is 10.00. The molecule has 146 valence electrons. The number of nitrogens with zero attached hydrogens (tertiary/aromatic N) is 3. The van der Waals surface area contributed by atoms with Crippen molar-refractivity contribution in [2.75, 3.05) is 13.1 Å². The number of fused-ring (bicyclic) bond motifs is 1. The minimum absolute atomic E-state index is 0.00584. The number of likely N-dealkylation sites (tertiary alicyclic amines) is 1. The average molecular weight is 378 g/mol. The second-order valence-electron chi connectivity index (χ2n) is 7.88. The molecule has 0 spiro atoms. The van der Waals surface area contributed by atoms with Crippen LogP contribution in [-0.4, -0.2) is 50.1 Å². The summed E-state index contributed by atoms with van der Waals surface area (Å²) in [6.45, 7) is 7.12. The van der Waals surface area contributed by atoms with Gasteiger partial charge in [0.15, 0.2) is 0 Å². The monoisotopic (exact) mass is 378 g/mol. The van der Waals surface area contributed by atoms with E-state index >= 15 is 0 Å². The molecule has 1 fully saturated rings. The Hall–Kier alpha value is -2.73. The third-order valence-electron chi connectivity index (χ3n) is 5.86. The maximum absolute atomic E-state index is 13.0. The summed E-state index contributed by atoms with van der Waals surface area (Å²) in [6, 6.07) is 4.21. The number of carbonyl (C=O) groups excluding carboxylic acids is 1. The van der Waals surface area contributed by atoms with Gasteiger partial charge in [-0.15, -0.1) is 0 Å². The second kappa shape index (κ2) is 7.36. The fourth-order valence-electron chi connectivity index (χ4n) is 4.26. The molecule has 1 amide bonds. The molecule has 6 nitrogen and oxygen atoms in total. The van der Waals surface area contributed by atoms with Crippen molar-refractivity contribution in [3.05, 3.63) is 58.8 Å². The molecule has 0 bridgehead atoms. The standard InChI is InChI=1S/C22H26N4O2/c1-13-4-5-14(2)22-21(13)18(15(3)25-22)9-20(28)26-11-16(19(27)12-26)8-17-10-23-6-7-24-17/h4-7,10,16,19,25,27H,8-9,11-12H2,1-3H3/t16-,19-/m1/s1. The van der Waals surface area contributed by atoms with E-state index in [9.17, 15) is 9.90 Å². The van der Waals surface area contributed by atoms with Gasteiger partial charge in [-0.2, -0.15) is 0 Å². The maximum Gasteiger partial charge on any atom is 0.227 e. The summed E-state index contributed by atoms with van der Waals surface area (Å²) in [5.74, 6) is 0.0549. The molecule has 0 radical (unpaired) electrons. The lowest BCUT2D eigenvalue weighted by molar-refractivity contribution is -0.129. The Bertz CT molecular complexity index is 1010. The van der Waals surface area contributed by atoms with Crippen molar-refractivity contribution in [2.24, 2.45) is 5.92 Å². The molecule has 1 aromatic carbocycles. The van der Waals surface area contributed by atoms with E-state index < -0.39 is 6.10 Å². The number of carbonyl (C=O) groups is 1. The van der Waals surface area contributed by atoms with Gasteiger partial charge in [0.2, 0.25) is 5.91 Å². The number of aryl methyl sites for hydroxylation is 3. The minimum atomic E-state index is -0.529. The maximum atomic E-state index is 13.0. The number of aromatic nitrogens is 3. The molecular weight excluding hydrogens is 352 g/mol. The summed E-state index contributed by atoms with van der Waals surface area (Å²) in [5.41, 5.74) is 6.42. The Labute approximate surface area is 164 Å². The second-order valence-corrected chi connectivity index (χ2v) is 7.88. The number of hydrogen-bond acceptors (Lipinski definition) is 4. The first-order valence-corrected chi connectivity index (χ1v) is 9.72. The SMILES string of the molecule is Cc1[nH]c2c(C)ccc(C)c2c1CC(=O)N1C[C@@H](Cc2cnccn2)[C@H](O)C1. The molecule has 1 saturated heterocycles. The number of rotatable bonds is 4. The van der Waals surface area contributed by atoms with E-state index in [-0.39, 0.29) is 11.8 Å². The van der Waals surface area contributed by atoms with E-state index in [1.807, 2.05) is 6.92 Å². The van der Waals surface area contributed by atoms with Gasteiger partial charge in [0.1, 0.15) is 0 Å². The van der Waals surface area contributed by atoms with Crippen LogP contribution in [0, 0.1) is 26.7 Å². The van der Waals surface area contributed by atoms with Gasteiger partial charge in [0, 0.05) is 54.2 Å². The topological polar surface area (TPSA) is 82.1 Å². The lowest BCUT2D eigenvalue weighted by Gasteiger charge is -2.16. The van der Waals surface area contributed by atoms with Gasteiger partial charge in [0.25, 0.3) is 0 Å². The molecule has 3 aromatic rings. The molecule has 3 heterocycles. The van der Waals surface area contributed by atoms with Gasteiger partial charge in [0.05, 0.1) is 18.2 Å². The number of β-amino-alcohol motifs (C(OH)–C–C–N with tert-alkyl or cyclic N) is 1. The Morgan fingerprint density at radius 2 is 2.00 bits per heavy atom. The summed E-state index contributed by atoms with van der Waals surface area (Å²) < 4.78 is 0. The largest absolute Gasteiger partial charge is 0.391 e. The number of hydrogen-bond donors (Lipinski definition) is 2. The predicted octanol–water partition coefficient (Wildman–Crippen LogP) is 2.49. The van der Waals surface area contributed by atoms with E-state index in [0.29, 0.717) is 25.9 Å². The van der Waals surface area contributed by atoms with E-state index in [4.69, 9.17) is 0 Å². The molecular formula is C22H26N4O2. The molecule has 4 rings (SSSR count). The molecule has 1 aliphatic rings. The van der Waals surface area contributed by atoms with E-state index in [1.165, 1.54) is 11.1 Å². The van der Waals surface area contributed by atoms with Crippen molar-refractivity contribution in [3.63, 3.8) is 0 Å². The number of aliphatic hydroxyl groups excluding tert-OH is 1. The summed E-state index contributed by atoms with van der Waals surface area (Å²) in [5, 5.41) is 11.6. The summed E-state index contributed by atoms with van der Waals surface area (Å²) in [4.78, 5) is 26.6. The highest BCUT2D eigenvalue weighted by atomic mass is 16.3. The number of H-pyrrole nitrogens is 1. The zero-order valence-electron chi connectivity index (χ0n) is 16.6. The lowest BCUT2D eigenvalue weighted by Crippen LogP contribution is -2.31. The van der Waals surface area contributed by atoms with Crippen molar-refractivity contribution >= 4 is 16.8 Å². The Balaban J connectivity index is 1.51. The molecule has 2 atom stereocenters. The average Bonchev–Trinajstić information content (AvgIpc) is 3.21. The van der Waals surface area contributed by atoms with Gasteiger partial charge in [-0.05, 0) is 43.9 Å². The van der Waals surface area contributed by atoms with Crippen LogP contribution in [0.5, 0.6) is 0 Å². The molecule has 2 aromatic heterocycles. The molecule has 1 aliphatic heterocycles. The number of aromatic amines is 1. The molecule has 0 aliphatic carbocycles. The zero-order chi connectivity index (χ0) is 19.8. The normalized spacial score (nSPS) is 19.5. The van der Waals surface area contributed by atoms with Crippen LogP contribution in [-0.2, 0) is 17.6 Å². The van der Waals surface area contributed by atoms with Gasteiger partial charge in [-0.3, -0.25) is 14.8 Å². The Kier molecular flexibility index (Phi) is 4.89. The zero-order valence-corrected chi connectivity index (χ0v) is 16.6. The highest BCUT2D eigenvalue weighted by Gasteiger charge is 2.34. The van der Waals surface area contributed by atoms with Crippen LogP contribution in [0.15, 0.2) is 30.7 Å². The molecule has 0 saturated carbocycles. The molecule has 6 heteroatoms. The summed E-state index contributed by atoms with van der Waals surface area (Å²) >= 11 is 0. The number of benzene rings is 1.